The summed E-state index contributed by atoms with van der Waals surface area (Å²) in [5.41, 5.74) is 1.39. The van der Waals surface area contributed by atoms with Gasteiger partial charge in [-0.15, -0.1) is 24.0 Å². The molecule has 1 aromatic carbocycles. The van der Waals surface area contributed by atoms with Crippen molar-refractivity contribution in [1.29, 1.82) is 0 Å². The van der Waals surface area contributed by atoms with Gasteiger partial charge in [0.1, 0.15) is 5.75 Å². The zero-order chi connectivity index (χ0) is 18.1. The van der Waals surface area contributed by atoms with Crippen molar-refractivity contribution in [3.05, 3.63) is 29.8 Å². The normalized spacial score (nSPS) is 16.0. The van der Waals surface area contributed by atoms with E-state index in [0.717, 1.165) is 31.9 Å². The molecule has 0 radical (unpaired) electrons. The van der Waals surface area contributed by atoms with Crippen LogP contribution in [0.4, 0.5) is 0 Å². The predicted octanol–water partition coefficient (Wildman–Crippen LogP) is 3.37. The van der Waals surface area contributed by atoms with E-state index in [1.54, 1.807) is 12.1 Å². The minimum atomic E-state index is 0. The number of hydrogen-bond donors (Lipinski definition) is 3. The average molecular weight is 474 g/mol. The first kappa shape index (κ1) is 23.0. The molecular weight excluding hydrogens is 439 g/mol. The minimum absolute atomic E-state index is 0. The van der Waals surface area contributed by atoms with Crippen LogP contribution in [0.3, 0.4) is 0 Å². The van der Waals surface area contributed by atoms with Gasteiger partial charge in [-0.05, 0) is 70.3 Å². The van der Waals surface area contributed by atoms with Crippen LogP contribution in [-0.2, 0) is 6.42 Å². The summed E-state index contributed by atoms with van der Waals surface area (Å²) in [5.74, 6) is 1.19. The summed E-state index contributed by atoms with van der Waals surface area (Å²) in [6.45, 7) is 8.79. The van der Waals surface area contributed by atoms with Crippen LogP contribution in [0, 0.1) is 0 Å². The van der Waals surface area contributed by atoms with E-state index in [-0.39, 0.29) is 29.5 Å². The number of nitrogens with one attached hydrogen (secondary N) is 2. The Hall–Kier alpha value is -1.02. The van der Waals surface area contributed by atoms with E-state index in [1.807, 2.05) is 19.2 Å². The molecule has 1 aliphatic rings. The number of guanidine groups is 1. The molecule has 0 aromatic heterocycles. The number of phenolic OH excluding ortho intramolecular Hbond substituents is 1. The molecule has 1 fully saturated rings. The third kappa shape index (κ3) is 7.70. The number of aromatic hydroxyl groups is 1. The first-order chi connectivity index (χ1) is 12.0. The second-order valence-corrected chi connectivity index (χ2v) is 7.48. The number of benzene rings is 1. The highest BCUT2D eigenvalue weighted by Gasteiger charge is 2.27. The predicted molar refractivity (Wildman–Crippen MR) is 121 cm³/mol. The van der Waals surface area contributed by atoms with E-state index in [2.05, 4.69) is 34.4 Å². The van der Waals surface area contributed by atoms with Crippen molar-refractivity contribution in [2.24, 2.45) is 4.99 Å². The Balaban J connectivity index is 0.00000338. The minimum Gasteiger partial charge on any atom is -0.508 e. The molecule has 1 aromatic rings. The van der Waals surface area contributed by atoms with E-state index >= 15 is 0 Å². The van der Waals surface area contributed by atoms with Crippen molar-refractivity contribution in [2.45, 2.75) is 51.5 Å². The summed E-state index contributed by atoms with van der Waals surface area (Å²) in [6.07, 6.45) is 6.01. The SMILES string of the molecule is CN=C(NCCCc1ccc(O)cc1)NCC(C)(C)N1CCCCC1.I. The number of nitrogens with zero attached hydrogens (tertiary/aromatic N) is 2. The molecule has 0 unspecified atom stereocenters. The molecule has 0 saturated carbocycles. The number of halogens is 1. The van der Waals surface area contributed by atoms with Gasteiger partial charge in [-0.1, -0.05) is 18.6 Å². The fraction of sp³-hybridized carbons (Fsp3) is 0.650. The molecule has 1 aliphatic heterocycles. The van der Waals surface area contributed by atoms with Gasteiger partial charge in [-0.25, -0.2) is 0 Å². The van der Waals surface area contributed by atoms with Crippen molar-refractivity contribution in [3.8, 4) is 5.75 Å². The third-order valence-electron chi connectivity index (χ3n) is 5.00. The molecule has 0 amide bonds. The van der Waals surface area contributed by atoms with Gasteiger partial charge in [0, 0.05) is 25.7 Å². The van der Waals surface area contributed by atoms with Gasteiger partial charge in [-0.2, -0.15) is 0 Å². The van der Waals surface area contributed by atoms with Gasteiger partial charge >= 0.3 is 0 Å². The van der Waals surface area contributed by atoms with Gasteiger partial charge in [0.25, 0.3) is 0 Å². The fourth-order valence-electron chi connectivity index (χ4n) is 3.29. The molecular formula is C20H35IN4O. The highest BCUT2D eigenvalue weighted by Crippen LogP contribution is 2.19. The number of aryl methyl sites for hydroxylation is 1. The van der Waals surface area contributed by atoms with Gasteiger partial charge in [0.15, 0.2) is 5.96 Å². The second-order valence-electron chi connectivity index (χ2n) is 7.48. The summed E-state index contributed by atoms with van der Waals surface area (Å²) < 4.78 is 0. The fourth-order valence-corrected chi connectivity index (χ4v) is 3.29. The van der Waals surface area contributed by atoms with E-state index in [1.165, 1.54) is 37.9 Å². The monoisotopic (exact) mass is 474 g/mol. The number of rotatable bonds is 7. The topological polar surface area (TPSA) is 59.9 Å². The maximum atomic E-state index is 9.31. The lowest BCUT2D eigenvalue weighted by atomic mass is 9.98. The zero-order valence-corrected chi connectivity index (χ0v) is 18.8. The molecule has 26 heavy (non-hydrogen) atoms. The van der Waals surface area contributed by atoms with Crippen molar-refractivity contribution in [1.82, 2.24) is 15.5 Å². The maximum absolute atomic E-state index is 9.31. The number of aliphatic imine (C=N–C) groups is 1. The van der Waals surface area contributed by atoms with Gasteiger partial charge in [0.05, 0.1) is 0 Å². The van der Waals surface area contributed by atoms with Crippen LogP contribution in [-0.4, -0.2) is 54.7 Å². The summed E-state index contributed by atoms with van der Waals surface area (Å²) in [4.78, 5) is 6.92. The van der Waals surface area contributed by atoms with Crippen LogP contribution >= 0.6 is 24.0 Å². The Morgan fingerprint density at radius 1 is 1.12 bits per heavy atom. The van der Waals surface area contributed by atoms with Crippen LogP contribution in [0.2, 0.25) is 0 Å². The van der Waals surface area contributed by atoms with E-state index in [9.17, 15) is 5.11 Å². The lowest BCUT2D eigenvalue weighted by Gasteiger charge is -2.41. The molecule has 6 heteroatoms. The quantitative estimate of drug-likeness (QED) is 0.246. The van der Waals surface area contributed by atoms with Crippen molar-refractivity contribution in [2.75, 3.05) is 33.2 Å². The smallest absolute Gasteiger partial charge is 0.191 e. The van der Waals surface area contributed by atoms with Gasteiger partial charge < -0.3 is 15.7 Å². The lowest BCUT2D eigenvalue weighted by molar-refractivity contribution is 0.0982. The average Bonchev–Trinajstić information content (AvgIpc) is 2.63. The largest absolute Gasteiger partial charge is 0.508 e. The molecule has 5 nitrogen and oxygen atoms in total. The van der Waals surface area contributed by atoms with Crippen LogP contribution in [0.25, 0.3) is 0 Å². The molecule has 148 valence electrons. The second kappa shape index (κ2) is 11.6. The summed E-state index contributed by atoms with van der Waals surface area (Å²) in [6, 6.07) is 7.44. The number of likely N-dealkylation sites (tertiary alicyclic amines) is 1. The summed E-state index contributed by atoms with van der Waals surface area (Å²) >= 11 is 0. The molecule has 2 rings (SSSR count). The maximum Gasteiger partial charge on any atom is 0.191 e. The molecule has 1 saturated heterocycles. The van der Waals surface area contributed by atoms with Gasteiger partial charge in [-0.3, -0.25) is 9.89 Å². The first-order valence-electron chi connectivity index (χ1n) is 9.49. The first-order valence-corrected chi connectivity index (χ1v) is 9.49. The highest BCUT2D eigenvalue weighted by atomic mass is 127. The van der Waals surface area contributed by atoms with Crippen LogP contribution in [0.15, 0.2) is 29.3 Å². The Bertz CT molecular complexity index is 539. The zero-order valence-electron chi connectivity index (χ0n) is 16.4. The summed E-state index contributed by atoms with van der Waals surface area (Å²) in [5, 5.41) is 16.2. The van der Waals surface area contributed by atoms with Crippen LogP contribution < -0.4 is 10.6 Å². The standard InChI is InChI=1S/C20H34N4O.HI/c1-20(2,24-14-5-4-6-15-24)16-23-19(21-3)22-13-7-8-17-9-11-18(25)12-10-17;/h9-12,25H,4-8,13-16H2,1-3H3,(H2,21,22,23);1H. The van der Waals surface area contributed by atoms with Crippen LogP contribution in [0.1, 0.15) is 45.1 Å². The highest BCUT2D eigenvalue weighted by molar-refractivity contribution is 14.0. The van der Waals surface area contributed by atoms with E-state index < -0.39 is 0 Å². The Morgan fingerprint density at radius 2 is 1.77 bits per heavy atom. The Labute approximate surface area is 175 Å². The van der Waals surface area contributed by atoms with E-state index in [4.69, 9.17) is 0 Å². The van der Waals surface area contributed by atoms with Crippen molar-refractivity contribution < 1.29 is 5.11 Å². The van der Waals surface area contributed by atoms with Gasteiger partial charge in [0.2, 0.25) is 0 Å². The molecule has 0 spiro atoms. The molecule has 1 heterocycles. The van der Waals surface area contributed by atoms with E-state index in [0.29, 0.717) is 5.75 Å². The number of piperidine rings is 1. The van der Waals surface area contributed by atoms with Crippen molar-refractivity contribution >= 4 is 29.9 Å². The molecule has 0 atom stereocenters. The number of hydrogen-bond acceptors (Lipinski definition) is 3. The summed E-state index contributed by atoms with van der Waals surface area (Å²) in [7, 11) is 1.82. The van der Waals surface area contributed by atoms with Crippen LogP contribution in [0.5, 0.6) is 5.75 Å². The number of phenols is 1. The lowest BCUT2D eigenvalue weighted by Crippen LogP contribution is -2.54. The molecule has 0 aliphatic carbocycles. The third-order valence-corrected chi connectivity index (χ3v) is 5.00. The molecule has 0 bridgehead atoms. The Kier molecular flexibility index (Phi) is 10.3. The molecule has 3 N–H and O–H groups in total. The Morgan fingerprint density at radius 3 is 2.38 bits per heavy atom. The van der Waals surface area contributed by atoms with Crippen molar-refractivity contribution in [3.63, 3.8) is 0 Å².